The van der Waals surface area contributed by atoms with Crippen LogP contribution in [0.3, 0.4) is 0 Å². The van der Waals surface area contributed by atoms with Gasteiger partial charge in [-0.2, -0.15) is 0 Å². The van der Waals surface area contributed by atoms with Gasteiger partial charge in [0.2, 0.25) is 0 Å². The lowest BCUT2D eigenvalue weighted by molar-refractivity contribution is -0.0720. The first-order valence-electron chi connectivity index (χ1n) is 4.28. The second-order valence-corrected chi connectivity index (χ2v) is 3.29. The van der Waals surface area contributed by atoms with Crippen LogP contribution in [0, 0.1) is 0 Å². The number of alkyl halides is 2. The molecule has 0 saturated heterocycles. The van der Waals surface area contributed by atoms with E-state index in [-0.39, 0.29) is 0 Å². The number of halogens is 2. The van der Waals surface area contributed by atoms with Gasteiger partial charge in [-0.15, -0.1) is 0 Å². The molecule has 0 heterocycles. The summed E-state index contributed by atoms with van der Waals surface area (Å²) in [6, 6.07) is -0.539. The molecule has 0 saturated carbocycles. The largest absolute Gasteiger partial charge is 0.508 e. The highest BCUT2D eigenvalue weighted by Gasteiger charge is 2.40. The van der Waals surface area contributed by atoms with Crippen LogP contribution in [-0.4, -0.2) is 33.0 Å². The summed E-state index contributed by atoms with van der Waals surface area (Å²) in [5.41, 5.74) is 4.50. The van der Waals surface area contributed by atoms with Crippen LogP contribution in [0.15, 0.2) is 12.1 Å². The van der Waals surface area contributed by atoms with Crippen molar-refractivity contribution in [2.45, 2.75) is 12.0 Å². The zero-order valence-electron chi connectivity index (χ0n) is 8.06. The highest BCUT2D eigenvalue weighted by Crippen LogP contribution is 2.41. The first-order valence-corrected chi connectivity index (χ1v) is 4.28. The number of phenols is 3. The summed E-state index contributed by atoms with van der Waals surface area (Å²) in [5, 5.41) is 36.0. The van der Waals surface area contributed by atoms with Gasteiger partial charge in [-0.3, -0.25) is 0 Å². The van der Waals surface area contributed by atoms with Crippen molar-refractivity contribution in [2.24, 2.45) is 5.73 Å². The Morgan fingerprint density at radius 1 is 1.19 bits per heavy atom. The van der Waals surface area contributed by atoms with Gasteiger partial charge in [0.25, 0.3) is 5.92 Å². The minimum Gasteiger partial charge on any atom is -0.508 e. The Hall–Kier alpha value is -1.60. The summed E-state index contributed by atoms with van der Waals surface area (Å²) in [7, 11) is 0. The van der Waals surface area contributed by atoms with E-state index in [0.717, 1.165) is 12.1 Å². The molecule has 6 N–H and O–H groups in total. The average molecular weight is 235 g/mol. The average Bonchev–Trinajstić information content (AvgIpc) is 2.15. The summed E-state index contributed by atoms with van der Waals surface area (Å²) in [6.45, 7) is -1.52. The van der Waals surface area contributed by atoms with Crippen LogP contribution in [0.4, 0.5) is 8.78 Å². The monoisotopic (exact) mass is 235 g/mol. The highest BCUT2D eigenvalue weighted by atomic mass is 19.3. The zero-order chi connectivity index (χ0) is 12.5. The molecule has 0 radical (unpaired) electrons. The molecule has 0 aliphatic rings. The fraction of sp³-hybridized carbons (Fsp3) is 0.333. The first kappa shape index (κ1) is 12.5. The molecule has 0 spiro atoms. The van der Waals surface area contributed by atoms with Crippen LogP contribution >= 0.6 is 0 Å². The van der Waals surface area contributed by atoms with Gasteiger partial charge in [0.05, 0.1) is 5.56 Å². The number of hydrogen-bond acceptors (Lipinski definition) is 5. The van der Waals surface area contributed by atoms with Gasteiger partial charge >= 0.3 is 0 Å². The molecule has 1 aromatic carbocycles. The quantitative estimate of drug-likeness (QED) is 0.522. The molecule has 0 unspecified atom stereocenters. The molecule has 5 nitrogen and oxygen atoms in total. The summed E-state index contributed by atoms with van der Waals surface area (Å²) >= 11 is 0. The highest BCUT2D eigenvalue weighted by molar-refractivity contribution is 5.50. The number of hydrogen-bond donors (Lipinski definition) is 5. The topological polar surface area (TPSA) is 107 Å². The second kappa shape index (κ2) is 4.11. The van der Waals surface area contributed by atoms with Gasteiger partial charge in [-0.05, 0) is 0 Å². The molecule has 16 heavy (non-hydrogen) atoms. The number of aromatic hydroxyl groups is 3. The van der Waals surface area contributed by atoms with Crippen LogP contribution < -0.4 is 5.73 Å². The van der Waals surface area contributed by atoms with E-state index in [1.807, 2.05) is 0 Å². The summed E-state index contributed by atoms with van der Waals surface area (Å²) in [4.78, 5) is 0. The molecule has 1 rings (SSSR count). The van der Waals surface area contributed by atoms with E-state index in [0.29, 0.717) is 0 Å². The van der Waals surface area contributed by atoms with Crippen molar-refractivity contribution in [1.82, 2.24) is 0 Å². The minimum absolute atomic E-state index is 0.488. The fourth-order valence-electron chi connectivity index (χ4n) is 1.24. The van der Waals surface area contributed by atoms with Crippen molar-refractivity contribution in [3.8, 4) is 17.2 Å². The van der Waals surface area contributed by atoms with Gasteiger partial charge in [0.1, 0.15) is 29.9 Å². The van der Waals surface area contributed by atoms with E-state index in [2.05, 4.69) is 0 Å². The van der Waals surface area contributed by atoms with Crippen molar-refractivity contribution in [3.05, 3.63) is 17.7 Å². The van der Waals surface area contributed by atoms with E-state index >= 15 is 0 Å². The van der Waals surface area contributed by atoms with E-state index in [1.165, 1.54) is 0 Å². The van der Waals surface area contributed by atoms with Crippen LogP contribution in [0.1, 0.15) is 11.6 Å². The van der Waals surface area contributed by atoms with Crippen molar-refractivity contribution >= 4 is 0 Å². The Labute approximate surface area is 89.4 Å². The van der Waals surface area contributed by atoms with Crippen LogP contribution in [-0.2, 0) is 0 Å². The summed E-state index contributed by atoms with van der Waals surface area (Å²) in [6.07, 6.45) is 0. The van der Waals surface area contributed by atoms with Crippen molar-refractivity contribution in [3.63, 3.8) is 0 Å². The molecule has 0 aliphatic carbocycles. The second-order valence-electron chi connectivity index (χ2n) is 3.29. The van der Waals surface area contributed by atoms with Gasteiger partial charge < -0.3 is 26.2 Å². The van der Waals surface area contributed by atoms with Crippen molar-refractivity contribution in [2.75, 3.05) is 6.61 Å². The Bertz CT molecular complexity index is 374. The Kier molecular flexibility index (Phi) is 3.20. The molecule has 0 aromatic heterocycles. The lowest BCUT2D eigenvalue weighted by Gasteiger charge is -2.23. The van der Waals surface area contributed by atoms with E-state index in [1.54, 1.807) is 0 Å². The Morgan fingerprint density at radius 3 is 2.00 bits per heavy atom. The maximum atomic E-state index is 13.0. The van der Waals surface area contributed by atoms with Crippen LogP contribution in [0.5, 0.6) is 17.2 Å². The number of benzene rings is 1. The molecule has 0 amide bonds. The number of aliphatic hydroxyl groups is 1. The van der Waals surface area contributed by atoms with Gasteiger partial charge in [-0.1, -0.05) is 0 Å². The molecular weight excluding hydrogens is 224 g/mol. The Balaban J connectivity index is 3.24. The third-order valence-electron chi connectivity index (χ3n) is 2.10. The predicted molar refractivity (Wildman–Crippen MR) is 50.4 cm³/mol. The molecule has 1 aromatic rings. The molecule has 0 aliphatic heterocycles. The number of rotatable bonds is 3. The van der Waals surface area contributed by atoms with Gasteiger partial charge in [-0.25, -0.2) is 8.78 Å². The lowest BCUT2D eigenvalue weighted by Crippen LogP contribution is -2.36. The zero-order valence-corrected chi connectivity index (χ0v) is 8.06. The smallest absolute Gasteiger partial charge is 0.289 e. The number of nitrogens with two attached hydrogens (primary N) is 1. The van der Waals surface area contributed by atoms with Crippen molar-refractivity contribution < 1.29 is 29.2 Å². The maximum absolute atomic E-state index is 13.0. The number of phenolic OH excluding ortho intramolecular Hbond substituents is 3. The summed E-state index contributed by atoms with van der Waals surface area (Å²) in [5.74, 6) is -5.71. The predicted octanol–water partition coefficient (Wildman–Crippen LogP) is 0.431. The van der Waals surface area contributed by atoms with E-state index in [9.17, 15) is 19.0 Å². The molecule has 1 atom stereocenters. The van der Waals surface area contributed by atoms with Crippen molar-refractivity contribution in [1.29, 1.82) is 0 Å². The van der Waals surface area contributed by atoms with Gasteiger partial charge in [0.15, 0.2) is 0 Å². The molecule has 7 heteroatoms. The van der Waals surface area contributed by atoms with Crippen LogP contribution in [0.2, 0.25) is 0 Å². The van der Waals surface area contributed by atoms with Gasteiger partial charge in [0, 0.05) is 12.1 Å². The lowest BCUT2D eigenvalue weighted by atomic mass is 9.99. The summed E-state index contributed by atoms with van der Waals surface area (Å²) < 4.78 is 26.1. The SMILES string of the molecule is N[C@@H](c1c(O)cc(O)cc1O)C(F)(F)CO. The standard InChI is InChI=1S/C9H11F2NO4/c10-9(11,3-13)8(12)7-5(15)1-4(14)2-6(7)16/h1-2,8,13-16H,3,12H2/t8-/m0/s1. The van der Waals surface area contributed by atoms with E-state index in [4.69, 9.17) is 15.9 Å². The van der Waals surface area contributed by atoms with E-state index < -0.39 is 41.4 Å². The fourth-order valence-corrected chi connectivity index (χ4v) is 1.24. The third kappa shape index (κ3) is 2.15. The first-order chi connectivity index (χ1) is 7.29. The number of aliphatic hydroxyl groups excluding tert-OH is 1. The molecule has 0 fully saturated rings. The molecule has 0 bridgehead atoms. The molecule has 90 valence electrons. The normalized spacial score (nSPS) is 13.8. The maximum Gasteiger partial charge on any atom is 0.289 e. The molecular formula is C9H11F2NO4. The van der Waals surface area contributed by atoms with Crippen LogP contribution in [0.25, 0.3) is 0 Å². The third-order valence-corrected chi connectivity index (χ3v) is 2.10. The Morgan fingerprint density at radius 2 is 1.62 bits per heavy atom. The minimum atomic E-state index is -3.69.